The number of imidazole rings is 1. The molecule has 1 aliphatic rings. The van der Waals surface area contributed by atoms with Gasteiger partial charge in [-0.25, -0.2) is 4.98 Å². The van der Waals surface area contributed by atoms with Gasteiger partial charge in [-0.1, -0.05) is 30.3 Å². The summed E-state index contributed by atoms with van der Waals surface area (Å²) in [5.74, 6) is -1.13. The van der Waals surface area contributed by atoms with Crippen LogP contribution in [0.4, 0.5) is 11.5 Å². The van der Waals surface area contributed by atoms with Crippen LogP contribution in [0.25, 0.3) is 32.7 Å². The molecule has 1 fully saturated rings. The van der Waals surface area contributed by atoms with E-state index in [4.69, 9.17) is 30.6 Å². The van der Waals surface area contributed by atoms with E-state index in [9.17, 15) is 24.2 Å². The summed E-state index contributed by atoms with van der Waals surface area (Å²) in [5.41, 5.74) is 1.15. The van der Waals surface area contributed by atoms with E-state index in [1.165, 1.54) is 10.9 Å². The maximum atomic E-state index is 12.0. The van der Waals surface area contributed by atoms with Crippen molar-refractivity contribution in [1.29, 1.82) is 0 Å². The molecule has 17 heteroatoms. The minimum atomic E-state index is -4.85. The van der Waals surface area contributed by atoms with Crippen molar-refractivity contribution in [3.63, 3.8) is 0 Å². The summed E-state index contributed by atoms with van der Waals surface area (Å²) in [4.78, 5) is 40.5. The first-order valence-corrected chi connectivity index (χ1v) is 16.4. The number of aromatic nitrogens is 4. The van der Waals surface area contributed by atoms with Crippen LogP contribution in [0, 0.1) is 0 Å². The normalized spacial score (nSPS) is 22.6. The smallest absolute Gasteiger partial charge is 0.340 e. The molecule has 14 nitrogen and oxygen atoms in total. The Morgan fingerprint density at radius 2 is 1.64 bits per heavy atom. The third kappa shape index (κ3) is 5.92. The Hall–Kier alpha value is -3.00. The predicted octanol–water partition coefficient (Wildman–Crippen LogP) is 3.49. The Kier molecular flexibility index (Phi) is 7.57. The Morgan fingerprint density at radius 3 is 2.36 bits per heavy atom. The first-order valence-electron chi connectivity index (χ1n) is 12.5. The number of aliphatic hydroxyl groups is 2. The zero-order valence-electron chi connectivity index (χ0n) is 21.4. The molecule has 5 unspecified atom stereocenters. The third-order valence-electron chi connectivity index (χ3n) is 6.78. The second-order valence-corrected chi connectivity index (χ2v) is 14.2. The van der Waals surface area contributed by atoms with E-state index in [2.05, 4.69) is 32.4 Å². The van der Waals surface area contributed by atoms with Crippen molar-refractivity contribution in [2.45, 2.75) is 24.5 Å². The Bertz CT molecular complexity index is 1920. The lowest BCUT2D eigenvalue weighted by Crippen LogP contribution is -2.33. The Balaban J connectivity index is 1.26. The number of fused-ring (bicyclic) bond motifs is 3. The number of hydrogen-bond acceptors (Lipinski definition) is 10. The van der Waals surface area contributed by atoms with Crippen molar-refractivity contribution < 1.29 is 43.3 Å². The predicted molar refractivity (Wildman–Crippen MR) is 154 cm³/mol. The number of benzene rings is 3. The SMILES string of the molecule is O=P(O)(O)CP(=O)(O)OCC1OC(n2cnc3c(Nc4ccc5cc6ccccc6cc5c4)nc(Cl)nc32)C(O)C1O. The molecule has 42 heavy (non-hydrogen) atoms. The standard InChI is InChI=1S/C25H24ClN5O9P2/c26-25-29-22(28-17-6-5-15-7-13-3-1-2-4-14(13)8-16(15)9-17)19-23(30-25)31(11-27-19)24-21(33)20(32)18(40-24)10-39-42(37,38)12-41(34,35)36/h1-9,11,18,20-21,24,32-33H,10,12H2,(H,37,38)(H,28,29,30)(H2,34,35,36). The molecule has 2 aromatic heterocycles. The molecule has 6 rings (SSSR count). The van der Waals surface area contributed by atoms with Gasteiger partial charge >= 0.3 is 15.2 Å². The van der Waals surface area contributed by atoms with Gasteiger partial charge in [0.05, 0.1) is 12.9 Å². The fourth-order valence-corrected chi connectivity index (χ4v) is 7.61. The number of anilines is 2. The summed E-state index contributed by atoms with van der Waals surface area (Å²) in [7, 11) is -9.56. The number of halogens is 1. The highest BCUT2D eigenvalue weighted by molar-refractivity contribution is 7.70. The second-order valence-electron chi connectivity index (χ2n) is 9.84. The van der Waals surface area contributed by atoms with Gasteiger partial charge in [-0.2, -0.15) is 9.97 Å². The van der Waals surface area contributed by atoms with Gasteiger partial charge in [-0.05, 0) is 57.4 Å². The van der Waals surface area contributed by atoms with Crippen LogP contribution in [-0.2, 0) is 18.4 Å². The molecular formula is C25H24ClN5O9P2. The van der Waals surface area contributed by atoms with Gasteiger partial charge in [0.2, 0.25) is 5.28 Å². The highest BCUT2D eigenvalue weighted by atomic mass is 35.5. The fraction of sp³-hybridized carbons (Fsp3) is 0.240. The van der Waals surface area contributed by atoms with Gasteiger partial charge < -0.3 is 39.5 Å². The van der Waals surface area contributed by atoms with Gasteiger partial charge in [0.15, 0.2) is 29.1 Å². The van der Waals surface area contributed by atoms with Crippen LogP contribution < -0.4 is 5.32 Å². The highest BCUT2D eigenvalue weighted by Crippen LogP contribution is 2.55. The third-order valence-corrected chi connectivity index (χ3v) is 10.4. The van der Waals surface area contributed by atoms with Crippen molar-refractivity contribution in [3.8, 4) is 0 Å². The van der Waals surface area contributed by atoms with Crippen molar-refractivity contribution in [1.82, 2.24) is 19.5 Å². The number of hydrogen-bond donors (Lipinski definition) is 6. The quantitative estimate of drug-likeness (QED) is 0.0820. The van der Waals surface area contributed by atoms with E-state index in [0.29, 0.717) is 5.69 Å². The molecule has 6 N–H and O–H groups in total. The average Bonchev–Trinajstić information content (AvgIpc) is 3.45. The molecule has 1 saturated heterocycles. The molecule has 3 aromatic carbocycles. The molecule has 0 amide bonds. The van der Waals surface area contributed by atoms with E-state index in [0.717, 1.165) is 21.5 Å². The second kappa shape index (κ2) is 10.9. The molecular weight excluding hydrogens is 612 g/mol. The van der Waals surface area contributed by atoms with Crippen LogP contribution in [-0.4, -0.2) is 75.2 Å². The molecule has 0 aliphatic carbocycles. The van der Waals surface area contributed by atoms with Gasteiger partial charge in [0, 0.05) is 5.69 Å². The largest absolute Gasteiger partial charge is 0.387 e. The topological polar surface area (TPSA) is 209 Å². The Morgan fingerprint density at radius 1 is 0.952 bits per heavy atom. The van der Waals surface area contributed by atoms with Gasteiger partial charge in [-0.3, -0.25) is 13.7 Å². The van der Waals surface area contributed by atoms with Crippen LogP contribution in [0.2, 0.25) is 5.28 Å². The first kappa shape index (κ1) is 29.1. The van der Waals surface area contributed by atoms with Crippen molar-refractivity contribution in [2.24, 2.45) is 0 Å². The Labute approximate surface area is 242 Å². The van der Waals surface area contributed by atoms with Crippen LogP contribution in [0.3, 0.4) is 0 Å². The molecule has 0 saturated carbocycles. The molecule has 5 atom stereocenters. The summed E-state index contributed by atoms with van der Waals surface area (Å²) in [6, 6.07) is 18.0. The monoisotopic (exact) mass is 635 g/mol. The van der Waals surface area contributed by atoms with Crippen LogP contribution >= 0.6 is 26.8 Å². The molecule has 0 radical (unpaired) electrons. The van der Waals surface area contributed by atoms with Crippen LogP contribution in [0.15, 0.2) is 60.9 Å². The maximum absolute atomic E-state index is 12.0. The fourth-order valence-electron chi connectivity index (χ4n) is 4.88. The minimum absolute atomic E-state index is 0.134. The number of nitrogens with zero attached hydrogens (tertiary/aromatic N) is 4. The van der Waals surface area contributed by atoms with E-state index in [1.807, 2.05) is 42.5 Å². The van der Waals surface area contributed by atoms with E-state index in [-0.39, 0.29) is 22.3 Å². The molecule has 0 spiro atoms. The summed E-state index contributed by atoms with van der Waals surface area (Å²) in [6.45, 7) is -0.727. The average molecular weight is 636 g/mol. The van der Waals surface area contributed by atoms with Crippen molar-refractivity contribution in [3.05, 3.63) is 66.2 Å². The number of nitrogens with one attached hydrogen (secondary N) is 1. The summed E-state index contributed by atoms with van der Waals surface area (Å²) >= 11 is 6.23. The lowest BCUT2D eigenvalue weighted by Gasteiger charge is -2.18. The molecule has 0 bridgehead atoms. The van der Waals surface area contributed by atoms with Crippen LogP contribution in [0.1, 0.15) is 6.23 Å². The zero-order chi connectivity index (χ0) is 29.8. The van der Waals surface area contributed by atoms with Gasteiger partial charge in [0.1, 0.15) is 18.3 Å². The van der Waals surface area contributed by atoms with Crippen LogP contribution in [0.5, 0.6) is 0 Å². The van der Waals surface area contributed by atoms with E-state index >= 15 is 0 Å². The molecule has 3 heterocycles. The first-order chi connectivity index (χ1) is 19.9. The van der Waals surface area contributed by atoms with Gasteiger partial charge in [0.25, 0.3) is 0 Å². The highest BCUT2D eigenvalue weighted by Gasteiger charge is 2.45. The lowest BCUT2D eigenvalue weighted by molar-refractivity contribution is -0.0483. The van der Waals surface area contributed by atoms with Gasteiger partial charge in [-0.15, -0.1) is 0 Å². The van der Waals surface area contributed by atoms with E-state index < -0.39 is 52.2 Å². The molecule has 1 aliphatic heterocycles. The van der Waals surface area contributed by atoms with Crippen molar-refractivity contribution >= 4 is 71.0 Å². The zero-order valence-corrected chi connectivity index (χ0v) is 24.0. The molecule has 220 valence electrons. The minimum Gasteiger partial charge on any atom is -0.387 e. The summed E-state index contributed by atoms with van der Waals surface area (Å²) in [6.07, 6.45) is -4.39. The van der Waals surface area contributed by atoms with E-state index in [1.54, 1.807) is 0 Å². The summed E-state index contributed by atoms with van der Waals surface area (Å²) in [5, 5.41) is 28.5. The number of aliphatic hydroxyl groups excluding tert-OH is 2. The number of rotatable bonds is 8. The molecule has 5 aromatic rings. The number of ether oxygens (including phenoxy) is 1. The maximum Gasteiger partial charge on any atom is 0.340 e. The lowest BCUT2D eigenvalue weighted by atomic mass is 10.0. The summed E-state index contributed by atoms with van der Waals surface area (Å²) < 4.78 is 34.9. The van der Waals surface area contributed by atoms with Crippen molar-refractivity contribution in [2.75, 3.05) is 17.8 Å².